The van der Waals surface area contributed by atoms with E-state index in [1.165, 1.54) is 4.31 Å². The number of hydrogen-bond acceptors (Lipinski definition) is 7. The molecule has 1 aromatic heterocycles. The first kappa shape index (κ1) is 21.3. The number of hydrogen-bond donors (Lipinski definition) is 1. The molecular formula is C21H22N4O4S2. The van der Waals surface area contributed by atoms with Crippen molar-refractivity contribution in [1.29, 1.82) is 0 Å². The molecule has 4 rings (SSSR count). The van der Waals surface area contributed by atoms with E-state index in [1.807, 2.05) is 38.1 Å². The number of amides is 1. The lowest BCUT2D eigenvalue weighted by molar-refractivity contribution is -0.122. The number of anilines is 2. The van der Waals surface area contributed by atoms with Gasteiger partial charge in [0, 0.05) is 6.04 Å². The third kappa shape index (κ3) is 4.26. The molecule has 0 saturated heterocycles. The summed E-state index contributed by atoms with van der Waals surface area (Å²) in [5.41, 5.74) is 2.72. The first-order valence-corrected chi connectivity index (χ1v) is 12.0. The van der Waals surface area contributed by atoms with Gasteiger partial charge in [-0.2, -0.15) is 8.42 Å². The molecule has 2 aromatic carbocycles. The number of sulfonamides is 1. The molecule has 2 atom stereocenters. The van der Waals surface area contributed by atoms with Crippen molar-refractivity contribution >= 4 is 38.1 Å². The van der Waals surface area contributed by atoms with Crippen LogP contribution in [0.4, 0.5) is 10.8 Å². The summed E-state index contributed by atoms with van der Waals surface area (Å²) in [6.45, 7) is 5.44. The lowest BCUT2D eigenvalue weighted by atomic mass is 10.1. The van der Waals surface area contributed by atoms with Crippen LogP contribution in [-0.4, -0.2) is 36.7 Å². The van der Waals surface area contributed by atoms with E-state index in [2.05, 4.69) is 15.5 Å². The van der Waals surface area contributed by atoms with Gasteiger partial charge < -0.3 is 4.74 Å². The summed E-state index contributed by atoms with van der Waals surface area (Å²) < 4.78 is 33.3. The van der Waals surface area contributed by atoms with Crippen LogP contribution in [0.1, 0.15) is 25.0 Å². The van der Waals surface area contributed by atoms with Crippen molar-refractivity contribution in [2.75, 3.05) is 9.62 Å². The Morgan fingerprint density at radius 2 is 1.97 bits per heavy atom. The Morgan fingerprint density at radius 1 is 1.23 bits per heavy atom. The van der Waals surface area contributed by atoms with E-state index >= 15 is 0 Å². The molecule has 2 heterocycles. The van der Waals surface area contributed by atoms with Crippen molar-refractivity contribution in [1.82, 2.24) is 10.2 Å². The van der Waals surface area contributed by atoms with E-state index < -0.39 is 22.0 Å². The van der Waals surface area contributed by atoms with Gasteiger partial charge in [-0.3, -0.25) is 14.4 Å². The maximum atomic E-state index is 13.3. The number of carbonyl (C=O) groups excluding carboxylic acids is 1. The smallest absolute Gasteiger partial charge is 0.293 e. The summed E-state index contributed by atoms with van der Waals surface area (Å²) in [6, 6.07) is 14.4. The highest BCUT2D eigenvalue weighted by Crippen LogP contribution is 2.38. The summed E-state index contributed by atoms with van der Waals surface area (Å²) in [5.74, 6) is 0.113. The highest BCUT2D eigenvalue weighted by Gasteiger charge is 2.38. The minimum Gasteiger partial charge on any atom is -0.481 e. The summed E-state index contributed by atoms with van der Waals surface area (Å²) in [7, 11) is -3.90. The van der Waals surface area contributed by atoms with Crippen molar-refractivity contribution in [2.45, 2.75) is 43.7 Å². The largest absolute Gasteiger partial charge is 0.481 e. The maximum Gasteiger partial charge on any atom is 0.293 e. The molecule has 0 saturated carbocycles. The molecule has 0 radical (unpaired) electrons. The fraction of sp³-hybridized carbons (Fsp3) is 0.286. The van der Waals surface area contributed by atoms with Gasteiger partial charge in [-0.05, 0) is 51.0 Å². The quantitative estimate of drug-likeness (QED) is 0.568. The van der Waals surface area contributed by atoms with Crippen molar-refractivity contribution in [3.8, 4) is 5.75 Å². The molecule has 1 aliphatic heterocycles. The van der Waals surface area contributed by atoms with Gasteiger partial charge in [-0.1, -0.05) is 47.2 Å². The van der Waals surface area contributed by atoms with Gasteiger partial charge in [0.25, 0.3) is 20.3 Å². The molecule has 3 aromatic rings. The Balaban J connectivity index is 1.50. The number of carbonyl (C=O) groups is 1. The number of para-hydroxylation sites is 1. The number of aryl methyl sites for hydroxylation is 1. The average molecular weight is 459 g/mol. The minimum atomic E-state index is -3.90. The van der Waals surface area contributed by atoms with Crippen molar-refractivity contribution in [2.24, 2.45) is 0 Å². The monoisotopic (exact) mass is 458 g/mol. The third-order valence-electron chi connectivity index (χ3n) is 4.93. The number of nitrogens with one attached hydrogen (secondary N) is 1. The Morgan fingerprint density at radius 3 is 2.71 bits per heavy atom. The second-order valence-corrected chi connectivity index (χ2v) is 10.4. The van der Waals surface area contributed by atoms with E-state index in [0.717, 1.165) is 22.5 Å². The van der Waals surface area contributed by atoms with Crippen molar-refractivity contribution < 1.29 is 17.9 Å². The minimum absolute atomic E-state index is 0.100. The van der Waals surface area contributed by atoms with Crippen LogP contribution in [0.25, 0.3) is 0 Å². The van der Waals surface area contributed by atoms with Gasteiger partial charge in [-0.25, -0.2) is 0 Å². The number of benzene rings is 2. The van der Waals surface area contributed by atoms with Crippen LogP contribution in [0.2, 0.25) is 0 Å². The second kappa shape index (κ2) is 8.27. The van der Waals surface area contributed by atoms with Gasteiger partial charge in [-0.15, -0.1) is 10.2 Å². The lowest BCUT2D eigenvalue weighted by Gasteiger charge is -2.22. The standard InChI is InChI=1S/C21H22N4O4S2/c1-13-9-10-18-16(11-13)12-14(2)25(18)31(27,28)21-24-23-20(30-21)22-19(26)15(3)29-17-7-5-4-6-8-17/h4-11,14-15H,12H2,1-3H3,(H,22,23,26)/t14-,15-/m0/s1. The predicted molar refractivity (Wildman–Crippen MR) is 119 cm³/mol. The fourth-order valence-electron chi connectivity index (χ4n) is 3.51. The second-order valence-electron chi connectivity index (χ2n) is 7.42. The van der Waals surface area contributed by atoms with Gasteiger partial charge in [0.2, 0.25) is 5.13 Å². The number of ether oxygens (including phenoxy) is 1. The molecule has 1 N–H and O–H groups in total. The number of rotatable bonds is 6. The Kier molecular flexibility index (Phi) is 5.67. The first-order chi connectivity index (χ1) is 14.8. The Labute approximate surface area is 184 Å². The van der Waals surface area contributed by atoms with Crippen LogP contribution in [-0.2, 0) is 21.2 Å². The topological polar surface area (TPSA) is 101 Å². The van der Waals surface area contributed by atoms with Crippen LogP contribution < -0.4 is 14.4 Å². The molecule has 1 aliphatic rings. The van der Waals surface area contributed by atoms with E-state index in [1.54, 1.807) is 31.2 Å². The van der Waals surface area contributed by atoms with Crippen LogP contribution in [0.5, 0.6) is 5.75 Å². The molecule has 0 bridgehead atoms. The number of aromatic nitrogens is 2. The first-order valence-electron chi connectivity index (χ1n) is 9.76. The summed E-state index contributed by atoms with van der Waals surface area (Å²) in [6.07, 6.45) is -0.160. The van der Waals surface area contributed by atoms with Gasteiger partial charge >= 0.3 is 0 Å². The van der Waals surface area contributed by atoms with Gasteiger partial charge in [0.15, 0.2) is 6.10 Å². The molecule has 0 aliphatic carbocycles. The summed E-state index contributed by atoms with van der Waals surface area (Å²) >= 11 is 0.819. The molecular weight excluding hydrogens is 436 g/mol. The third-order valence-corrected chi connectivity index (χ3v) is 8.04. The summed E-state index contributed by atoms with van der Waals surface area (Å²) in [4.78, 5) is 12.4. The highest BCUT2D eigenvalue weighted by molar-refractivity contribution is 7.94. The molecule has 31 heavy (non-hydrogen) atoms. The van der Waals surface area contributed by atoms with Crippen LogP contribution in [0.3, 0.4) is 0 Å². The van der Waals surface area contributed by atoms with Crippen LogP contribution in [0, 0.1) is 6.92 Å². The predicted octanol–water partition coefficient (Wildman–Crippen LogP) is 3.39. The fourth-order valence-corrected chi connectivity index (χ4v) is 6.19. The van der Waals surface area contributed by atoms with E-state index in [0.29, 0.717) is 17.9 Å². The van der Waals surface area contributed by atoms with E-state index in [4.69, 9.17) is 4.74 Å². The number of fused-ring (bicyclic) bond motifs is 1. The lowest BCUT2D eigenvalue weighted by Crippen LogP contribution is -2.35. The number of nitrogens with zero attached hydrogens (tertiary/aromatic N) is 3. The molecule has 8 nitrogen and oxygen atoms in total. The molecule has 1 amide bonds. The molecule has 162 valence electrons. The molecule has 0 spiro atoms. The van der Waals surface area contributed by atoms with Crippen LogP contribution in [0.15, 0.2) is 52.9 Å². The molecule has 0 unspecified atom stereocenters. The normalized spacial score (nSPS) is 16.6. The highest BCUT2D eigenvalue weighted by atomic mass is 32.2. The van der Waals surface area contributed by atoms with E-state index in [-0.39, 0.29) is 15.5 Å². The molecule has 0 fully saturated rings. The van der Waals surface area contributed by atoms with Crippen molar-refractivity contribution in [3.05, 3.63) is 59.7 Å². The zero-order valence-electron chi connectivity index (χ0n) is 17.3. The maximum absolute atomic E-state index is 13.3. The zero-order valence-corrected chi connectivity index (χ0v) is 18.9. The van der Waals surface area contributed by atoms with Crippen molar-refractivity contribution in [3.63, 3.8) is 0 Å². The Hall–Kier alpha value is -2.98. The zero-order chi connectivity index (χ0) is 22.2. The van der Waals surface area contributed by atoms with E-state index in [9.17, 15) is 13.2 Å². The Bertz CT molecular complexity index is 1210. The average Bonchev–Trinajstić information content (AvgIpc) is 3.32. The van der Waals surface area contributed by atoms with Gasteiger partial charge in [0.05, 0.1) is 5.69 Å². The SMILES string of the molecule is Cc1ccc2c(c1)C[C@H](C)N2S(=O)(=O)c1nnc(NC(=O)[C@H](C)Oc2ccccc2)s1. The molecule has 10 heteroatoms. The summed E-state index contributed by atoms with van der Waals surface area (Å²) in [5, 5.41) is 10.4. The van der Waals surface area contributed by atoms with Crippen LogP contribution >= 0.6 is 11.3 Å². The van der Waals surface area contributed by atoms with Gasteiger partial charge in [0.1, 0.15) is 5.75 Å².